The molecule has 3 nitrogen and oxygen atoms in total. The van der Waals surface area contributed by atoms with Gasteiger partial charge in [0.05, 0.1) is 6.20 Å². The molecule has 1 aromatic carbocycles. The first-order valence-electron chi connectivity index (χ1n) is 5.28. The highest BCUT2D eigenvalue weighted by Crippen LogP contribution is 2.17. The van der Waals surface area contributed by atoms with Crippen molar-refractivity contribution in [3.05, 3.63) is 65.7 Å². The number of carbonyl (C=O) groups excluding carboxylic acids is 1. The number of hydrogen-bond acceptors (Lipinski definition) is 3. The summed E-state index contributed by atoms with van der Waals surface area (Å²) in [4.78, 5) is 15.3. The number of halogens is 1. The van der Waals surface area contributed by atoms with Crippen LogP contribution in [0.5, 0.6) is 5.75 Å². The molecule has 2 aromatic rings. The minimum absolute atomic E-state index is 0.0823. The maximum absolute atomic E-state index is 12.9. The van der Waals surface area contributed by atoms with Crippen LogP contribution in [0, 0.1) is 5.82 Å². The maximum Gasteiger partial charge on any atom is 0.187 e. The van der Waals surface area contributed by atoms with Crippen LogP contribution < -0.4 is 0 Å². The Balaban J connectivity index is 2.20. The number of benzene rings is 1. The van der Waals surface area contributed by atoms with Crippen molar-refractivity contribution in [2.45, 2.75) is 0 Å². The Labute approximate surface area is 103 Å². The molecule has 18 heavy (non-hydrogen) atoms. The molecule has 2 rings (SSSR count). The predicted octanol–water partition coefficient (Wildman–Crippen LogP) is 2.82. The number of aromatic nitrogens is 1. The number of carbonyl (C=O) groups is 1. The summed E-state index contributed by atoms with van der Waals surface area (Å²) >= 11 is 0. The van der Waals surface area contributed by atoms with Crippen LogP contribution in [0.15, 0.2) is 48.8 Å². The Kier molecular flexibility index (Phi) is 3.48. The predicted molar refractivity (Wildman–Crippen MR) is 65.7 cm³/mol. The lowest BCUT2D eigenvalue weighted by Gasteiger charge is -1.97. The van der Waals surface area contributed by atoms with E-state index in [1.54, 1.807) is 18.2 Å². The molecule has 0 radical (unpaired) electrons. The molecule has 1 N–H and O–H groups in total. The van der Waals surface area contributed by atoms with Gasteiger partial charge in [-0.1, -0.05) is 18.2 Å². The first kappa shape index (κ1) is 12.0. The quantitative estimate of drug-likeness (QED) is 0.666. The Bertz CT molecular complexity index is 608. The van der Waals surface area contributed by atoms with Gasteiger partial charge < -0.3 is 5.11 Å². The van der Waals surface area contributed by atoms with Gasteiger partial charge in [0.25, 0.3) is 0 Å². The Morgan fingerprint density at radius 3 is 2.78 bits per heavy atom. The highest BCUT2D eigenvalue weighted by atomic mass is 19.1. The van der Waals surface area contributed by atoms with Gasteiger partial charge in [-0.05, 0) is 24.3 Å². The number of phenols is 1. The van der Waals surface area contributed by atoms with Gasteiger partial charge in [-0.2, -0.15) is 0 Å². The largest absolute Gasteiger partial charge is 0.507 e. The molecule has 0 amide bonds. The lowest BCUT2D eigenvalue weighted by atomic mass is 10.1. The third-order valence-corrected chi connectivity index (χ3v) is 2.34. The number of hydrogen-bond donors (Lipinski definition) is 1. The molecule has 0 saturated carbocycles. The third kappa shape index (κ3) is 2.79. The second-order valence-corrected chi connectivity index (χ2v) is 3.65. The summed E-state index contributed by atoms with van der Waals surface area (Å²) in [6.45, 7) is 0. The SMILES string of the molecule is O=C(C=Cc1ccccc1O)c1cncc(F)c1. The van der Waals surface area contributed by atoms with E-state index in [-0.39, 0.29) is 17.1 Å². The fraction of sp³-hybridized carbons (Fsp3) is 0. The molecule has 0 aliphatic carbocycles. The lowest BCUT2D eigenvalue weighted by molar-refractivity contribution is 0.104. The molecule has 1 heterocycles. The summed E-state index contributed by atoms with van der Waals surface area (Å²) in [5, 5.41) is 9.50. The molecule has 0 aliphatic heterocycles. The van der Waals surface area contributed by atoms with Gasteiger partial charge in [-0.25, -0.2) is 4.39 Å². The molecule has 0 bridgehead atoms. The number of rotatable bonds is 3. The number of ketones is 1. The molecule has 0 saturated heterocycles. The average Bonchev–Trinajstić information content (AvgIpc) is 2.37. The van der Waals surface area contributed by atoms with Crippen LogP contribution in [0.1, 0.15) is 15.9 Å². The Morgan fingerprint density at radius 2 is 2.06 bits per heavy atom. The molecule has 4 heteroatoms. The van der Waals surface area contributed by atoms with Gasteiger partial charge in [0, 0.05) is 17.3 Å². The topological polar surface area (TPSA) is 50.2 Å². The van der Waals surface area contributed by atoms with E-state index in [2.05, 4.69) is 4.98 Å². The zero-order chi connectivity index (χ0) is 13.0. The highest BCUT2D eigenvalue weighted by Gasteiger charge is 2.04. The maximum atomic E-state index is 12.9. The minimum atomic E-state index is -0.559. The van der Waals surface area contributed by atoms with Gasteiger partial charge >= 0.3 is 0 Å². The van der Waals surface area contributed by atoms with E-state index in [0.29, 0.717) is 5.56 Å². The number of para-hydroxylation sites is 1. The standard InChI is InChI=1S/C14H10FNO2/c15-12-7-11(8-16-9-12)14(18)6-5-10-3-1-2-4-13(10)17/h1-9,17H. The van der Waals surface area contributed by atoms with E-state index in [1.165, 1.54) is 24.4 Å². The molecule has 0 aliphatic rings. The Morgan fingerprint density at radius 1 is 1.28 bits per heavy atom. The van der Waals surface area contributed by atoms with Crippen molar-refractivity contribution in [2.75, 3.05) is 0 Å². The van der Waals surface area contributed by atoms with E-state index < -0.39 is 5.82 Å². The number of allylic oxidation sites excluding steroid dienone is 1. The van der Waals surface area contributed by atoms with Crippen LogP contribution >= 0.6 is 0 Å². The molecule has 0 atom stereocenters. The summed E-state index contributed by atoms with van der Waals surface area (Å²) in [5.41, 5.74) is 0.692. The van der Waals surface area contributed by atoms with Crippen LogP contribution in [-0.2, 0) is 0 Å². The summed E-state index contributed by atoms with van der Waals surface area (Å²) in [5.74, 6) is -0.846. The summed E-state index contributed by atoms with van der Waals surface area (Å²) < 4.78 is 12.9. The van der Waals surface area contributed by atoms with Gasteiger partial charge in [0.15, 0.2) is 5.78 Å². The molecule has 0 unspecified atom stereocenters. The van der Waals surface area contributed by atoms with Crippen molar-refractivity contribution in [1.29, 1.82) is 0 Å². The van der Waals surface area contributed by atoms with Crippen LogP contribution in [0.4, 0.5) is 4.39 Å². The summed E-state index contributed by atoms with van der Waals surface area (Å²) in [6.07, 6.45) is 5.07. The average molecular weight is 243 g/mol. The summed E-state index contributed by atoms with van der Waals surface area (Å²) in [7, 11) is 0. The molecule has 1 aromatic heterocycles. The second-order valence-electron chi connectivity index (χ2n) is 3.65. The lowest BCUT2D eigenvalue weighted by Crippen LogP contribution is -1.96. The fourth-order valence-electron chi connectivity index (χ4n) is 1.44. The fourth-order valence-corrected chi connectivity index (χ4v) is 1.44. The number of phenolic OH excluding ortho intramolecular Hbond substituents is 1. The first-order chi connectivity index (χ1) is 8.66. The summed E-state index contributed by atoms with van der Waals surface area (Å²) in [6, 6.07) is 7.74. The second kappa shape index (κ2) is 5.23. The van der Waals surface area contributed by atoms with Crippen LogP contribution in [0.25, 0.3) is 6.08 Å². The van der Waals surface area contributed by atoms with Gasteiger partial charge in [0.2, 0.25) is 0 Å². The number of aromatic hydroxyl groups is 1. The molecule has 0 fully saturated rings. The molecule has 90 valence electrons. The molecule has 0 spiro atoms. The van der Waals surface area contributed by atoms with Crippen molar-refractivity contribution < 1.29 is 14.3 Å². The van der Waals surface area contributed by atoms with Crippen LogP contribution in [0.2, 0.25) is 0 Å². The van der Waals surface area contributed by atoms with Gasteiger partial charge in [-0.3, -0.25) is 9.78 Å². The van der Waals surface area contributed by atoms with E-state index in [0.717, 1.165) is 12.3 Å². The molecular weight excluding hydrogens is 233 g/mol. The van der Waals surface area contributed by atoms with E-state index in [1.807, 2.05) is 0 Å². The van der Waals surface area contributed by atoms with Gasteiger partial charge in [0.1, 0.15) is 11.6 Å². The number of nitrogens with zero attached hydrogens (tertiary/aromatic N) is 1. The third-order valence-electron chi connectivity index (χ3n) is 2.34. The minimum Gasteiger partial charge on any atom is -0.507 e. The van der Waals surface area contributed by atoms with Crippen molar-refractivity contribution in [1.82, 2.24) is 4.98 Å². The van der Waals surface area contributed by atoms with Crippen molar-refractivity contribution in [2.24, 2.45) is 0 Å². The van der Waals surface area contributed by atoms with E-state index >= 15 is 0 Å². The monoisotopic (exact) mass is 243 g/mol. The van der Waals surface area contributed by atoms with Crippen LogP contribution in [0.3, 0.4) is 0 Å². The smallest absolute Gasteiger partial charge is 0.187 e. The van der Waals surface area contributed by atoms with E-state index in [9.17, 15) is 14.3 Å². The van der Waals surface area contributed by atoms with E-state index in [4.69, 9.17) is 0 Å². The highest BCUT2D eigenvalue weighted by molar-refractivity contribution is 6.06. The van der Waals surface area contributed by atoms with Crippen molar-refractivity contribution >= 4 is 11.9 Å². The first-order valence-corrected chi connectivity index (χ1v) is 5.28. The van der Waals surface area contributed by atoms with Crippen molar-refractivity contribution in [3.63, 3.8) is 0 Å². The number of pyridine rings is 1. The van der Waals surface area contributed by atoms with Crippen molar-refractivity contribution in [3.8, 4) is 5.75 Å². The van der Waals surface area contributed by atoms with Crippen LogP contribution in [-0.4, -0.2) is 15.9 Å². The Hall–Kier alpha value is -2.49. The zero-order valence-electron chi connectivity index (χ0n) is 9.38. The van der Waals surface area contributed by atoms with Gasteiger partial charge in [-0.15, -0.1) is 0 Å². The normalized spacial score (nSPS) is 10.7. The molecular formula is C14H10FNO2. The zero-order valence-corrected chi connectivity index (χ0v) is 9.38.